The number of hydrogen-bond acceptors (Lipinski definition) is 6. The van der Waals surface area contributed by atoms with Gasteiger partial charge in [0.2, 0.25) is 10.9 Å². The minimum absolute atomic E-state index is 0.0589. The van der Waals surface area contributed by atoms with Crippen LogP contribution < -0.4 is 5.43 Å². The number of amides is 1. The maximum absolute atomic E-state index is 12.0. The Labute approximate surface area is 141 Å². The highest BCUT2D eigenvalue weighted by molar-refractivity contribution is 6.69. The van der Waals surface area contributed by atoms with Crippen molar-refractivity contribution in [2.24, 2.45) is 5.10 Å². The SMILES string of the molecule is CCOC(=C=O)/C(Cl)=N/NC1CCN(C(=O)OC(C)(C)C)CC1. The van der Waals surface area contributed by atoms with Crippen molar-refractivity contribution >= 4 is 28.8 Å². The summed E-state index contributed by atoms with van der Waals surface area (Å²) in [7, 11) is 0. The highest BCUT2D eigenvalue weighted by atomic mass is 35.5. The van der Waals surface area contributed by atoms with Gasteiger partial charge in [-0.15, -0.1) is 0 Å². The van der Waals surface area contributed by atoms with Crippen LogP contribution in [0.3, 0.4) is 0 Å². The van der Waals surface area contributed by atoms with E-state index in [1.165, 1.54) is 0 Å². The zero-order valence-electron chi connectivity index (χ0n) is 14.0. The number of likely N-dealkylation sites (tertiary alicyclic amines) is 1. The highest BCUT2D eigenvalue weighted by Crippen LogP contribution is 2.15. The predicted molar refractivity (Wildman–Crippen MR) is 88.1 cm³/mol. The summed E-state index contributed by atoms with van der Waals surface area (Å²) in [6.45, 7) is 8.71. The summed E-state index contributed by atoms with van der Waals surface area (Å²) in [4.78, 5) is 24.3. The van der Waals surface area contributed by atoms with E-state index in [1.54, 1.807) is 17.8 Å². The number of hydrazone groups is 1. The summed E-state index contributed by atoms with van der Waals surface area (Å²) in [6.07, 6.45) is 1.11. The van der Waals surface area contributed by atoms with Crippen molar-refractivity contribution in [3.8, 4) is 0 Å². The first-order chi connectivity index (χ1) is 10.8. The van der Waals surface area contributed by atoms with E-state index >= 15 is 0 Å². The Morgan fingerprint density at radius 1 is 1.39 bits per heavy atom. The Morgan fingerprint density at radius 3 is 2.48 bits per heavy atom. The van der Waals surface area contributed by atoms with E-state index in [0.717, 1.165) is 0 Å². The van der Waals surface area contributed by atoms with Crippen LogP contribution in [0, 0.1) is 0 Å². The first-order valence-corrected chi connectivity index (χ1v) is 7.99. The van der Waals surface area contributed by atoms with Gasteiger partial charge in [-0.05, 0) is 40.5 Å². The lowest BCUT2D eigenvalue weighted by molar-refractivity contribution is 0.0198. The van der Waals surface area contributed by atoms with E-state index in [2.05, 4.69) is 10.5 Å². The first-order valence-electron chi connectivity index (χ1n) is 7.61. The molecule has 0 bridgehead atoms. The summed E-state index contributed by atoms with van der Waals surface area (Å²) in [5.41, 5.74) is 2.40. The van der Waals surface area contributed by atoms with Crippen molar-refractivity contribution in [3.63, 3.8) is 0 Å². The minimum Gasteiger partial charge on any atom is -0.481 e. The van der Waals surface area contributed by atoms with Gasteiger partial charge >= 0.3 is 6.09 Å². The van der Waals surface area contributed by atoms with Crippen molar-refractivity contribution < 1.29 is 19.1 Å². The quantitative estimate of drug-likeness (QED) is 0.358. The second-order valence-corrected chi connectivity index (χ2v) is 6.50. The van der Waals surface area contributed by atoms with E-state index in [9.17, 15) is 9.59 Å². The number of halogens is 1. The van der Waals surface area contributed by atoms with Crippen LogP contribution in [0.1, 0.15) is 40.5 Å². The molecule has 0 aliphatic carbocycles. The number of piperidine rings is 1. The molecule has 1 aliphatic heterocycles. The van der Waals surface area contributed by atoms with E-state index in [0.29, 0.717) is 32.5 Å². The first kappa shape index (κ1) is 19.3. The number of nitrogens with one attached hydrogen (secondary N) is 1. The third-order valence-electron chi connectivity index (χ3n) is 3.06. The van der Waals surface area contributed by atoms with Gasteiger partial charge in [-0.2, -0.15) is 5.10 Å². The molecule has 7 nitrogen and oxygen atoms in total. The van der Waals surface area contributed by atoms with Crippen molar-refractivity contribution in [2.45, 2.75) is 52.2 Å². The van der Waals surface area contributed by atoms with Crippen LogP contribution in [0.4, 0.5) is 4.79 Å². The number of carbonyl (C=O) groups is 1. The Morgan fingerprint density at radius 2 is 2.00 bits per heavy atom. The van der Waals surface area contributed by atoms with Crippen LogP contribution in [-0.2, 0) is 14.3 Å². The fourth-order valence-electron chi connectivity index (χ4n) is 1.99. The molecule has 130 valence electrons. The van der Waals surface area contributed by atoms with E-state index in [1.807, 2.05) is 20.8 Å². The van der Waals surface area contributed by atoms with Crippen LogP contribution in [0.25, 0.3) is 0 Å². The minimum atomic E-state index is -0.499. The summed E-state index contributed by atoms with van der Waals surface area (Å²) in [6, 6.07) is 0.0666. The molecular formula is C15H24ClN3O4. The second-order valence-electron chi connectivity index (χ2n) is 6.14. The number of ether oxygens (including phenoxy) is 2. The Bertz CT molecular complexity index is 487. The smallest absolute Gasteiger partial charge is 0.410 e. The van der Waals surface area contributed by atoms with Gasteiger partial charge in [-0.25, -0.2) is 9.59 Å². The maximum atomic E-state index is 12.0. The lowest BCUT2D eigenvalue weighted by atomic mass is 10.1. The van der Waals surface area contributed by atoms with Gasteiger partial charge in [-0.1, -0.05) is 11.6 Å². The summed E-state index contributed by atoms with van der Waals surface area (Å²) < 4.78 is 10.3. The third kappa shape index (κ3) is 6.93. The summed E-state index contributed by atoms with van der Waals surface area (Å²) in [5, 5.41) is 3.88. The standard InChI is InChI=1S/C15H24ClN3O4/c1-5-22-12(10-20)13(16)18-17-11-6-8-19(9-7-11)14(21)23-15(2,3)4/h11,17H,5-9H2,1-4H3/b18-13-. The van der Waals surface area contributed by atoms with Crippen molar-refractivity contribution in [1.82, 2.24) is 10.3 Å². The van der Waals surface area contributed by atoms with E-state index < -0.39 is 5.60 Å². The molecule has 1 aliphatic rings. The normalized spacial score (nSPS) is 16.6. The zero-order chi connectivity index (χ0) is 17.5. The topological polar surface area (TPSA) is 80.2 Å². The number of nitrogens with zero attached hydrogens (tertiary/aromatic N) is 2. The molecule has 1 amide bonds. The van der Waals surface area contributed by atoms with Gasteiger partial charge in [0.15, 0.2) is 5.94 Å². The molecule has 1 heterocycles. The number of hydrogen-bond donors (Lipinski definition) is 1. The van der Waals surface area contributed by atoms with Gasteiger partial charge in [0, 0.05) is 19.1 Å². The number of rotatable bonds is 5. The number of carbonyl (C=O) groups excluding carboxylic acids is 2. The van der Waals surface area contributed by atoms with Gasteiger partial charge < -0.3 is 19.8 Å². The summed E-state index contributed by atoms with van der Waals surface area (Å²) in [5.74, 6) is 1.49. The van der Waals surface area contributed by atoms with Gasteiger partial charge in [-0.3, -0.25) is 0 Å². The van der Waals surface area contributed by atoms with Gasteiger partial charge in [0.25, 0.3) is 0 Å². The van der Waals surface area contributed by atoms with Crippen LogP contribution >= 0.6 is 11.6 Å². The van der Waals surface area contributed by atoms with Crippen LogP contribution in [0.2, 0.25) is 0 Å². The highest BCUT2D eigenvalue weighted by Gasteiger charge is 2.26. The Balaban J connectivity index is 2.45. The zero-order valence-corrected chi connectivity index (χ0v) is 14.8. The fraction of sp³-hybridized carbons (Fsp3) is 0.733. The molecule has 0 aromatic heterocycles. The molecule has 0 atom stereocenters. The number of allylic oxidation sites excluding steroid dienone is 1. The monoisotopic (exact) mass is 345 g/mol. The maximum Gasteiger partial charge on any atom is 0.410 e. The van der Waals surface area contributed by atoms with Crippen LogP contribution in [0.15, 0.2) is 10.9 Å². The van der Waals surface area contributed by atoms with Gasteiger partial charge in [0.05, 0.1) is 6.61 Å². The average molecular weight is 346 g/mol. The largest absolute Gasteiger partial charge is 0.481 e. The predicted octanol–water partition coefficient (Wildman–Crippen LogP) is 2.28. The summed E-state index contributed by atoms with van der Waals surface area (Å²) >= 11 is 5.88. The van der Waals surface area contributed by atoms with Gasteiger partial charge in [0.1, 0.15) is 5.60 Å². The molecule has 1 rings (SSSR count). The molecule has 1 saturated heterocycles. The lowest BCUT2D eigenvalue weighted by Crippen LogP contribution is -2.45. The molecule has 0 aromatic rings. The Kier molecular flexibility index (Phi) is 7.39. The van der Waals surface area contributed by atoms with Crippen molar-refractivity contribution in [3.05, 3.63) is 5.76 Å². The van der Waals surface area contributed by atoms with Crippen molar-refractivity contribution in [2.75, 3.05) is 19.7 Å². The molecule has 0 saturated carbocycles. The second kappa shape index (κ2) is 8.79. The Hall–Kier alpha value is -1.72. The molecule has 0 spiro atoms. The van der Waals surface area contributed by atoms with Crippen LogP contribution in [0.5, 0.6) is 0 Å². The molecule has 8 heteroatoms. The molecule has 1 N–H and O–H groups in total. The molecular weight excluding hydrogens is 322 g/mol. The third-order valence-corrected chi connectivity index (χ3v) is 3.32. The fourth-order valence-corrected chi connectivity index (χ4v) is 2.13. The molecule has 0 radical (unpaired) electrons. The molecule has 0 aromatic carbocycles. The molecule has 0 unspecified atom stereocenters. The molecule has 1 fully saturated rings. The lowest BCUT2D eigenvalue weighted by Gasteiger charge is -2.33. The average Bonchev–Trinajstić information content (AvgIpc) is 2.49. The van der Waals surface area contributed by atoms with Crippen molar-refractivity contribution in [1.29, 1.82) is 0 Å². The van der Waals surface area contributed by atoms with Crippen LogP contribution in [-0.4, -0.2) is 53.4 Å². The van der Waals surface area contributed by atoms with E-state index in [4.69, 9.17) is 21.1 Å². The molecule has 23 heavy (non-hydrogen) atoms. The van der Waals surface area contributed by atoms with E-state index in [-0.39, 0.29) is 23.1 Å².